The van der Waals surface area contributed by atoms with Crippen molar-refractivity contribution >= 4 is 17.0 Å². The van der Waals surface area contributed by atoms with E-state index in [9.17, 15) is 0 Å². The number of guanidine groups is 1. The van der Waals surface area contributed by atoms with Crippen molar-refractivity contribution in [2.24, 2.45) is 4.99 Å². The molecule has 1 saturated heterocycles. The van der Waals surface area contributed by atoms with Crippen LogP contribution in [0.4, 0.5) is 0 Å². The van der Waals surface area contributed by atoms with Crippen LogP contribution in [0.2, 0.25) is 0 Å². The van der Waals surface area contributed by atoms with Gasteiger partial charge in [0.15, 0.2) is 5.96 Å². The summed E-state index contributed by atoms with van der Waals surface area (Å²) in [5.41, 5.74) is 2.12. The Balaban J connectivity index is 1.44. The molecule has 1 fully saturated rings. The zero-order valence-corrected chi connectivity index (χ0v) is 15.2. The van der Waals surface area contributed by atoms with Crippen LogP contribution in [0.3, 0.4) is 0 Å². The average molecular weight is 342 g/mol. The van der Waals surface area contributed by atoms with E-state index in [0.717, 1.165) is 55.4 Å². The van der Waals surface area contributed by atoms with E-state index in [0.29, 0.717) is 0 Å². The Bertz CT molecular complexity index is 638. The molecule has 2 aromatic rings. The smallest absolute Gasteiger partial charge is 0.191 e. The molecule has 0 spiro atoms. The molecule has 0 atom stereocenters. The lowest BCUT2D eigenvalue weighted by Gasteiger charge is -2.25. The summed E-state index contributed by atoms with van der Waals surface area (Å²) in [6, 6.07) is 8.14. The van der Waals surface area contributed by atoms with Crippen molar-refractivity contribution in [2.45, 2.75) is 32.6 Å². The van der Waals surface area contributed by atoms with Gasteiger partial charge < -0.3 is 20.5 Å². The first-order valence-electron chi connectivity index (χ1n) is 9.53. The van der Waals surface area contributed by atoms with Gasteiger partial charge in [-0.25, -0.2) is 4.98 Å². The summed E-state index contributed by atoms with van der Waals surface area (Å²) >= 11 is 0. The molecular weight excluding hydrogens is 312 g/mol. The van der Waals surface area contributed by atoms with Crippen molar-refractivity contribution in [2.75, 3.05) is 39.3 Å². The molecule has 2 heterocycles. The second-order valence-corrected chi connectivity index (χ2v) is 6.54. The molecule has 1 aromatic carbocycles. The first-order chi connectivity index (χ1) is 12.3. The lowest BCUT2D eigenvalue weighted by Crippen LogP contribution is -2.39. The molecule has 3 rings (SSSR count). The monoisotopic (exact) mass is 342 g/mol. The number of imidazole rings is 1. The highest BCUT2D eigenvalue weighted by Crippen LogP contribution is 2.10. The third-order valence-corrected chi connectivity index (χ3v) is 4.57. The van der Waals surface area contributed by atoms with E-state index in [1.165, 1.54) is 32.4 Å². The highest BCUT2D eigenvalue weighted by atomic mass is 15.2. The third kappa shape index (κ3) is 5.46. The molecule has 25 heavy (non-hydrogen) atoms. The Kier molecular flexibility index (Phi) is 6.68. The van der Waals surface area contributed by atoms with E-state index in [1.807, 2.05) is 18.2 Å². The molecule has 1 aliphatic rings. The number of benzene rings is 1. The number of hydrogen-bond acceptors (Lipinski definition) is 3. The molecule has 0 bridgehead atoms. The minimum atomic E-state index is 0.815. The summed E-state index contributed by atoms with van der Waals surface area (Å²) in [6.07, 6.45) is 4.90. The number of aromatic nitrogens is 2. The van der Waals surface area contributed by atoms with E-state index < -0.39 is 0 Å². The van der Waals surface area contributed by atoms with Crippen LogP contribution in [0.15, 0.2) is 29.3 Å². The Morgan fingerprint density at radius 2 is 2.04 bits per heavy atom. The van der Waals surface area contributed by atoms with Crippen LogP contribution in [-0.4, -0.2) is 60.1 Å². The maximum Gasteiger partial charge on any atom is 0.191 e. The van der Waals surface area contributed by atoms with Gasteiger partial charge in [0.25, 0.3) is 0 Å². The molecule has 6 heteroatoms. The van der Waals surface area contributed by atoms with Crippen molar-refractivity contribution in [1.82, 2.24) is 25.5 Å². The SMILES string of the molecule is CCNC(=NCCN1CCCCC1)NCCc1nc2ccccc2[nH]1. The number of aliphatic imine (C=N–C) groups is 1. The van der Waals surface area contributed by atoms with Crippen molar-refractivity contribution in [1.29, 1.82) is 0 Å². The molecule has 1 aliphatic heterocycles. The number of likely N-dealkylation sites (tertiary alicyclic amines) is 1. The quantitative estimate of drug-likeness (QED) is 0.533. The highest BCUT2D eigenvalue weighted by molar-refractivity contribution is 5.79. The topological polar surface area (TPSA) is 68.3 Å². The minimum Gasteiger partial charge on any atom is -0.357 e. The number of nitrogens with one attached hydrogen (secondary N) is 3. The van der Waals surface area contributed by atoms with Gasteiger partial charge in [-0.3, -0.25) is 4.99 Å². The first kappa shape index (κ1) is 17.7. The van der Waals surface area contributed by atoms with Crippen LogP contribution in [-0.2, 0) is 6.42 Å². The van der Waals surface area contributed by atoms with Gasteiger partial charge in [-0.1, -0.05) is 18.6 Å². The Labute approximate surface area is 150 Å². The standard InChI is InChI=1S/C19H30N6/c1-2-20-19(22-12-15-25-13-6-3-7-14-25)21-11-10-18-23-16-8-4-5-9-17(16)24-18/h4-5,8-9H,2-3,6-7,10-15H2,1H3,(H,23,24)(H2,20,21,22). The van der Waals surface area contributed by atoms with E-state index in [-0.39, 0.29) is 0 Å². The average Bonchev–Trinajstić information content (AvgIpc) is 3.05. The molecule has 0 saturated carbocycles. The number of piperidine rings is 1. The highest BCUT2D eigenvalue weighted by Gasteiger charge is 2.09. The van der Waals surface area contributed by atoms with Crippen LogP contribution in [0, 0.1) is 0 Å². The molecule has 1 aromatic heterocycles. The summed E-state index contributed by atoms with van der Waals surface area (Å²) in [6.45, 7) is 8.15. The normalized spacial score (nSPS) is 16.3. The molecule has 0 unspecified atom stereocenters. The summed E-state index contributed by atoms with van der Waals surface area (Å²) in [5.74, 6) is 1.91. The predicted octanol–water partition coefficient (Wildman–Crippen LogP) is 2.15. The fourth-order valence-corrected chi connectivity index (χ4v) is 3.25. The predicted molar refractivity (Wildman–Crippen MR) is 104 cm³/mol. The van der Waals surface area contributed by atoms with Gasteiger partial charge in [-0.05, 0) is 45.0 Å². The largest absolute Gasteiger partial charge is 0.357 e. The maximum absolute atomic E-state index is 4.70. The fourth-order valence-electron chi connectivity index (χ4n) is 3.25. The van der Waals surface area contributed by atoms with E-state index in [2.05, 4.69) is 38.5 Å². The Morgan fingerprint density at radius 1 is 1.20 bits per heavy atom. The second-order valence-electron chi connectivity index (χ2n) is 6.54. The van der Waals surface area contributed by atoms with Gasteiger partial charge in [0.2, 0.25) is 0 Å². The van der Waals surface area contributed by atoms with Crippen LogP contribution >= 0.6 is 0 Å². The summed E-state index contributed by atoms with van der Waals surface area (Å²) in [5, 5.41) is 6.73. The van der Waals surface area contributed by atoms with Gasteiger partial charge in [0.1, 0.15) is 5.82 Å². The number of para-hydroxylation sites is 2. The van der Waals surface area contributed by atoms with Crippen molar-refractivity contribution in [3.63, 3.8) is 0 Å². The molecule has 0 aliphatic carbocycles. The van der Waals surface area contributed by atoms with E-state index in [4.69, 9.17) is 4.99 Å². The minimum absolute atomic E-state index is 0.815. The van der Waals surface area contributed by atoms with Gasteiger partial charge in [0, 0.05) is 26.1 Å². The first-order valence-corrected chi connectivity index (χ1v) is 9.53. The molecule has 3 N–H and O–H groups in total. The van der Waals surface area contributed by atoms with Gasteiger partial charge in [0.05, 0.1) is 17.6 Å². The Hall–Kier alpha value is -2.08. The number of hydrogen-bond donors (Lipinski definition) is 3. The van der Waals surface area contributed by atoms with Crippen LogP contribution in [0.5, 0.6) is 0 Å². The van der Waals surface area contributed by atoms with Gasteiger partial charge in [-0.2, -0.15) is 0 Å². The van der Waals surface area contributed by atoms with Crippen molar-refractivity contribution in [3.8, 4) is 0 Å². The van der Waals surface area contributed by atoms with Crippen LogP contribution < -0.4 is 10.6 Å². The number of fused-ring (bicyclic) bond motifs is 1. The fraction of sp³-hybridized carbons (Fsp3) is 0.579. The van der Waals surface area contributed by atoms with Crippen molar-refractivity contribution in [3.05, 3.63) is 30.1 Å². The number of aromatic amines is 1. The summed E-state index contributed by atoms with van der Waals surface area (Å²) in [4.78, 5) is 15.2. The second kappa shape index (κ2) is 9.42. The molecule has 136 valence electrons. The molecular formula is C19H30N6. The van der Waals surface area contributed by atoms with Crippen molar-refractivity contribution < 1.29 is 0 Å². The third-order valence-electron chi connectivity index (χ3n) is 4.57. The molecule has 0 amide bonds. The van der Waals surface area contributed by atoms with Crippen LogP contribution in [0.25, 0.3) is 11.0 Å². The Morgan fingerprint density at radius 3 is 2.84 bits per heavy atom. The van der Waals surface area contributed by atoms with E-state index in [1.54, 1.807) is 0 Å². The lowest BCUT2D eigenvalue weighted by atomic mass is 10.1. The number of nitrogens with zero attached hydrogens (tertiary/aromatic N) is 3. The van der Waals surface area contributed by atoms with E-state index >= 15 is 0 Å². The van der Waals surface area contributed by atoms with Gasteiger partial charge in [-0.15, -0.1) is 0 Å². The molecule has 6 nitrogen and oxygen atoms in total. The zero-order valence-electron chi connectivity index (χ0n) is 15.2. The maximum atomic E-state index is 4.70. The van der Waals surface area contributed by atoms with Gasteiger partial charge >= 0.3 is 0 Å². The summed E-state index contributed by atoms with van der Waals surface area (Å²) in [7, 11) is 0. The van der Waals surface area contributed by atoms with Crippen LogP contribution in [0.1, 0.15) is 32.0 Å². The number of rotatable bonds is 7. The lowest BCUT2D eigenvalue weighted by molar-refractivity contribution is 0.235. The zero-order chi connectivity index (χ0) is 17.3. The number of H-pyrrole nitrogens is 1. The summed E-state index contributed by atoms with van der Waals surface area (Å²) < 4.78 is 0. The molecule has 0 radical (unpaired) electrons.